The molecule has 0 aliphatic heterocycles. The van der Waals surface area contributed by atoms with E-state index in [1.54, 1.807) is 25.1 Å². The Hall–Kier alpha value is -2.72. The monoisotopic (exact) mass is 396 g/mol. The number of carbonyl (C=O) groups is 1. The van der Waals surface area contributed by atoms with Crippen molar-refractivity contribution in [3.8, 4) is 0 Å². The van der Waals surface area contributed by atoms with Crippen molar-refractivity contribution in [2.24, 2.45) is 5.41 Å². The topological polar surface area (TPSA) is 42.0 Å². The van der Waals surface area contributed by atoms with E-state index in [0.29, 0.717) is 40.2 Å². The number of aryl methyl sites for hydroxylation is 1. The number of fused-ring (bicyclic) bond motifs is 1. The van der Waals surface area contributed by atoms with E-state index in [-0.39, 0.29) is 11.7 Å². The van der Waals surface area contributed by atoms with Crippen LogP contribution in [0.5, 0.6) is 0 Å². The van der Waals surface area contributed by atoms with Gasteiger partial charge in [-0.25, -0.2) is 9.37 Å². The lowest BCUT2D eigenvalue weighted by Crippen LogP contribution is -2.36. The Morgan fingerprint density at radius 3 is 2.61 bits per heavy atom. The summed E-state index contributed by atoms with van der Waals surface area (Å²) in [4.78, 5) is 17.5. The fraction of sp³-hybridized carbons (Fsp3) is 0.217. The van der Waals surface area contributed by atoms with E-state index in [1.807, 2.05) is 37.3 Å². The van der Waals surface area contributed by atoms with Crippen LogP contribution in [0.4, 0.5) is 10.1 Å². The molecule has 0 bridgehead atoms. The number of halogens is 2. The molecule has 28 heavy (non-hydrogen) atoms. The van der Waals surface area contributed by atoms with E-state index in [1.165, 1.54) is 6.07 Å². The number of para-hydroxylation sites is 1. The third kappa shape index (κ3) is 4.39. The molecule has 0 saturated carbocycles. The van der Waals surface area contributed by atoms with Crippen molar-refractivity contribution in [1.29, 1.82) is 0 Å². The Morgan fingerprint density at radius 1 is 1.21 bits per heavy atom. The number of amides is 1. The molecule has 1 unspecified atom stereocenters. The molecule has 5 heteroatoms. The molecule has 0 saturated heterocycles. The number of allylic oxidation sites excluding steroid dienone is 1. The number of hydrogen-bond acceptors (Lipinski definition) is 2. The SMILES string of the molecule is C=C(Cl)CC(C)(Cc1ccccc1)C(=O)Nc1cc2cccc(F)c2nc1C. The molecule has 3 rings (SSSR count). The van der Waals surface area contributed by atoms with Crippen LogP contribution in [0.15, 0.2) is 66.2 Å². The normalized spacial score (nSPS) is 13.1. The van der Waals surface area contributed by atoms with Gasteiger partial charge in [0, 0.05) is 10.4 Å². The minimum Gasteiger partial charge on any atom is -0.324 e. The first kappa shape index (κ1) is 20.0. The zero-order chi connectivity index (χ0) is 20.3. The molecule has 2 aromatic carbocycles. The molecular formula is C23H22ClFN2O. The van der Waals surface area contributed by atoms with Gasteiger partial charge in [-0.05, 0) is 37.5 Å². The summed E-state index contributed by atoms with van der Waals surface area (Å²) in [6, 6.07) is 16.3. The molecule has 3 aromatic rings. The van der Waals surface area contributed by atoms with Crippen molar-refractivity contribution >= 4 is 34.1 Å². The predicted octanol–water partition coefficient (Wildman–Crippen LogP) is 6.01. The van der Waals surface area contributed by atoms with Crippen LogP contribution in [0, 0.1) is 18.2 Å². The van der Waals surface area contributed by atoms with E-state index >= 15 is 0 Å². The van der Waals surface area contributed by atoms with Crippen LogP contribution in [-0.2, 0) is 11.2 Å². The maximum atomic E-state index is 14.0. The number of carbonyl (C=O) groups excluding carboxylic acids is 1. The Bertz CT molecular complexity index is 1040. The second kappa shape index (κ2) is 8.11. The van der Waals surface area contributed by atoms with Crippen molar-refractivity contribution < 1.29 is 9.18 Å². The molecule has 0 radical (unpaired) electrons. The molecular weight excluding hydrogens is 375 g/mol. The van der Waals surface area contributed by atoms with Gasteiger partial charge in [0.05, 0.1) is 16.8 Å². The number of rotatable bonds is 6. The third-order valence-electron chi connectivity index (χ3n) is 4.80. The molecule has 1 N–H and O–H groups in total. The first-order valence-electron chi connectivity index (χ1n) is 9.03. The van der Waals surface area contributed by atoms with Crippen LogP contribution < -0.4 is 5.32 Å². The van der Waals surface area contributed by atoms with Crippen LogP contribution in [-0.4, -0.2) is 10.9 Å². The van der Waals surface area contributed by atoms with Gasteiger partial charge in [0.1, 0.15) is 11.3 Å². The molecule has 1 aromatic heterocycles. The molecule has 0 spiro atoms. The molecule has 3 nitrogen and oxygen atoms in total. The third-order valence-corrected chi connectivity index (χ3v) is 4.94. The molecule has 0 fully saturated rings. The summed E-state index contributed by atoms with van der Waals surface area (Å²) in [5.41, 5.74) is 1.65. The minimum absolute atomic E-state index is 0.182. The second-order valence-electron chi connectivity index (χ2n) is 7.30. The van der Waals surface area contributed by atoms with Crippen LogP contribution in [0.1, 0.15) is 24.6 Å². The first-order chi connectivity index (χ1) is 13.3. The predicted molar refractivity (Wildman–Crippen MR) is 113 cm³/mol. The molecule has 144 valence electrons. The lowest BCUT2D eigenvalue weighted by molar-refractivity contribution is -0.124. The fourth-order valence-electron chi connectivity index (χ4n) is 3.35. The van der Waals surface area contributed by atoms with Gasteiger partial charge >= 0.3 is 0 Å². The Kier molecular flexibility index (Phi) is 5.80. The van der Waals surface area contributed by atoms with Gasteiger partial charge in [-0.2, -0.15) is 0 Å². The molecule has 1 amide bonds. The van der Waals surface area contributed by atoms with Gasteiger partial charge in [0.15, 0.2) is 0 Å². The summed E-state index contributed by atoms with van der Waals surface area (Å²) >= 11 is 6.07. The Labute approximate surface area is 169 Å². The van der Waals surface area contributed by atoms with Crippen LogP contribution in [0.3, 0.4) is 0 Å². The Balaban J connectivity index is 1.92. The summed E-state index contributed by atoms with van der Waals surface area (Å²) in [5, 5.41) is 4.02. The van der Waals surface area contributed by atoms with Crippen LogP contribution in [0.2, 0.25) is 0 Å². The van der Waals surface area contributed by atoms with Crippen LogP contribution in [0.25, 0.3) is 10.9 Å². The van der Waals surface area contributed by atoms with Gasteiger partial charge in [0.2, 0.25) is 5.91 Å². The standard InChI is InChI=1S/C23H22ClFN2O/c1-15(24)13-23(3,14-17-8-5-4-6-9-17)22(28)27-20-12-18-10-7-11-19(25)21(18)26-16(20)2/h4-12H,1,13-14H2,2-3H3,(H,27,28). The first-order valence-corrected chi connectivity index (χ1v) is 9.41. The quantitative estimate of drug-likeness (QED) is 0.554. The minimum atomic E-state index is -0.788. The summed E-state index contributed by atoms with van der Waals surface area (Å²) in [5.74, 6) is -0.565. The molecule has 1 heterocycles. The molecule has 0 aliphatic rings. The Morgan fingerprint density at radius 2 is 1.93 bits per heavy atom. The summed E-state index contributed by atoms with van der Waals surface area (Å²) in [6.45, 7) is 7.38. The highest BCUT2D eigenvalue weighted by Gasteiger charge is 2.34. The van der Waals surface area contributed by atoms with Crippen molar-refractivity contribution in [2.75, 3.05) is 5.32 Å². The second-order valence-corrected chi connectivity index (χ2v) is 7.84. The number of aromatic nitrogens is 1. The number of benzene rings is 2. The van der Waals surface area contributed by atoms with Gasteiger partial charge in [-0.15, -0.1) is 0 Å². The van der Waals surface area contributed by atoms with E-state index in [9.17, 15) is 9.18 Å². The molecule has 1 atom stereocenters. The smallest absolute Gasteiger partial charge is 0.231 e. The van der Waals surface area contributed by atoms with Gasteiger partial charge < -0.3 is 5.32 Å². The van der Waals surface area contributed by atoms with Gasteiger partial charge in [0.25, 0.3) is 0 Å². The number of nitrogens with zero attached hydrogens (tertiary/aromatic N) is 1. The van der Waals surface area contributed by atoms with Crippen molar-refractivity contribution in [3.63, 3.8) is 0 Å². The lowest BCUT2D eigenvalue weighted by Gasteiger charge is -2.28. The maximum Gasteiger partial charge on any atom is 0.231 e. The number of pyridine rings is 1. The van der Waals surface area contributed by atoms with Gasteiger partial charge in [-0.1, -0.05) is 67.6 Å². The van der Waals surface area contributed by atoms with Crippen molar-refractivity contribution in [3.05, 3.63) is 83.3 Å². The fourth-order valence-corrected chi connectivity index (χ4v) is 3.64. The van der Waals surface area contributed by atoms with Crippen molar-refractivity contribution in [2.45, 2.75) is 26.7 Å². The average molecular weight is 397 g/mol. The summed E-state index contributed by atoms with van der Waals surface area (Å²) < 4.78 is 14.0. The number of hydrogen-bond donors (Lipinski definition) is 1. The lowest BCUT2D eigenvalue weighted by atomic mass is 9.79. The van der Waals surface area contributed by atoms with Crippen LogP contribution >= 0.6 is 11.6 Å². The number of anilines is 1. The zero-order valence-corrected chi connectivity index (χ0v) is 16.7. The highest BCUT2D eigenvalue weighted by Crippen LogP contribution is 2.33. The van der Waals surface area contributed by atoms with Crippen molar-refractivity contribution in [1.82, 2.24) is 4.98 Å². The van der Waals surface area contributed by atoms with E-state index in [2.05, 4.69) is 16.9 Å². The van der Waals surface area contributed by atoms with E-state index in [4.69, 9.17) is 11.6 Å². The number of nitrogens with one attached hydrogen (secondary N) is 1. The average Bonchev–Trinajstić information content (AvgIpc) is 2.63. The highest BCUT2D eigenvalue weighted by atomic mass is 35.5. The highest BCUT2D eigenvalue weighted by molar-refractivity contribution is 6.29. The summed E-state index contributed by atoms with van der Waals surface area (Å²) in [6.07, 6.45) is 0.851. The zero-order valence-electron chi connectivity index (χ0n) is 15.9. The van der Waals surface area contributed by atoms with E-state index in [0.717, 1.165) is 5.56 Å². The summed E-state index contributed by atoms with van der Waals surface area (Å²) in [7, 11) is 0. The van der Waals surface area contributed by atoms with Gasteiger partial charge in [-0.3, -0.25) is 4.79 Å². The maximum absolute atomic E-state index is 14.0. The van der Waals surface area contributed by atoms with E-state index < -0.39 is 5.41 Å². The molecule has 0 aliphatic carbocycles. The largest absolute Gasteiger partial charge is 0.324 e.